The van der Waals surface area contributed by atoms with Gasteiger partial charge in [-0.25, -0.2) is 9.59 Å². The molecule has 0 aliphatic heterocycles. The first-order valence-corrected chi connectivity index (χ1v) is 9.33. The highest BCUT2D eigenvalue weighted by atomic mass is 16.7. The van der Waals surface area contributed by atoms with E-state index in [9.17, 15) is 19.8 Å². The molecule has 3 N–H and O–H groups in total. The van der Waals surface area contributed by atoms with E-state index in [4.69, 9.17) is 14.3 Å². The second-order valence-electron chi connectivity index (χ2n) is 6.37. The summed E-state index contributed by atoms with van der Waals surface area (Å²) in [6.45, 7) is 4.02. The Labute approximate surface area is 168 Å². The smallest absolute Gasteiger partial charge is 0.408 e. The first-order chi connectivity index (χ1) is 13.9. The number of unbranched alkanes of at least 4 members (excludes halogenated alkanes) is 1. The van der Waals surface area contributed by atoms with E-state index in [-0.39, 0.29) is 6.61 Å². The molecule has 0 aliphatic carbocycles. The number of amides is 1. The van der Waals surface area contributed by atoms with Crippen molar-refractivity contribution < 1.29 is 34.1 Å². The third kappa shape index (κ3) is 6.72. The molecule has 29 heavy (non-hydrogen) atoms. The van der Waals surface area contributed by atoms with Gasteiger partial charge in [-0.15, -0.1) is 4.73 Å². The summed E-state index contributed by atoms with van der Waals surface area (Å²) in [4.78, 5) is 29.8. The van der Waals surface area contributed by atoms with E-state index in [1.807, 2.05) is 25.1 Å². The normalized spacial score (nSPS) is 12.8. The van der Waals surface area contributed by atoms with E-state index < -0.39 is 36.0 Å². The number of carbonyl (C=O) groups is 2. The van der Waals surface area contributed by atoms with Crippen LogP contribution in [0.3, 0.4) is 0 Å². The van der Waals surface area contributed by atoms with Crippen LogP contribution in [0, 0.1) is 0 Å². The Morgan fingerprint density at radius 1 is 1.10 bits per heavy atom. The van der Waals surface area contributed by atoms with Crippen molar-refractivity contribution in [1.82, 2.24) is 10.0 Å². The molecule has 1 aromatic heterocycles. The van der Waals surface area contributed by atoms with Crippen molar-refractivity contribution in [2.24, 2.45) is 0 Å². The van der Waals surface area contributed by atoms with Crippen LogP contribution in [0.1, 0.15) is 32.3 Å². The lowest BCUT2D eigenvalue weighted by molar-refractivity contribution is -0.151. The van der Waals surface area contributed by atoms with Crippen LogP contribution in [-0.4, -0.2) is 45.8 Å². The van der Waals surface area contributed by atoms with Crippen LogP contribution in [-0.2, 0) is 20.9 Å². The third-order valence-corrected chi connectivity index (χ3v) is 4.07. The molecule has 0 saturated heterocycles. The highest BCUT2D eigenvalue weighted by Gasteiger charge is 2.31. The van der Waals surface area contributed by atoms with Gasteiger partial charge in [-0.1, -0.05) is 43.7 Å². The van der Waals surface area contributed by atoms with Gasteiger partial charge in [0, 0.05) is 18.7 Å². The van der Waals surface area contributed by atoms with Gasteiger partial charge in [0.15, 0.2) is 6.04 Å². The van der Waals surface area contributed by atoms with Gasteiger partial charge in [0.1, 0.15) is 6.61 Å². The molecule has 9 nitrogen and oxygen atoms in total. The summed E-state index contributed by atoms with van der Waals surface area (Å²) in [5, 5.41) is 21.7. The van der Waals surface area contributed by atoms with Crippen molar-refractivity contribution in [2.45, 2.75) is 45.4 Å². The van der Waals surface area contributed by atoms with Crippen LogP contribution >= 0.6 is 0 Å². The zero-order chi connectivity index (χ0) is 21.2. The Bertz CT molecular complexity index is 772. The number of aromatic nitrogens is 1. The minimum absolute atomic E-state index is 0.0265. The highest BCUT2D eigenvalue weighted by molar-refractivity contribution is 5.82. The molecule has 0 spiro atoms. The Balaban J connectivity index is 2.03. The maximum atomic E-state index is 12.6. The van der Waals surface area contributed by atoms with Crippen LogP contribution in [0.25, 0.3) is 0 Å². The molecule has 2 aromatic rings. The van der Waals surface area contributed by atoms with Crippen molar-refractivity contribution >= 4 is 12.1 Å². The zero-order valence-corrected chi connectivity index (χ0v) is 16.4. The number of rotatable bonds is 10. The second-order valence-corrected chi connectivity index (χ2v) is 6.37. The number of carbonyl (C=O) groups excluding carboxylic acids is 2. The Kier molecular flexibility index (Phi) is 8.35. The standard InChI is InChI=1S/C20H26N2O7/c1-3-4-12-27-14(2)18(19(25)29-22-16(23)10-11-17(22)24)21-20(26)28-13-15-8-6-5-7-9-15/h5-11,14,18,23-24H,3-4,12-13H2,1-2H3,(H,21,26)/t14-,18+/m1/s1. The summed E-state index contributed by atoms with van der Waals surface area (Å²) in [5.74, 6) is -1.88. The lowest BCUT2D eigenvalue weighted by atomic mass is 10.2. The average molecular weight is 406 g/mol. The largest absolute Gasteiger partial charge is 0.492 e. The fourth-order valence-corrected chi connectivity index (χ4v) is 2.41. The van der Waals surface area contributed by atoms with E-state index in [0.717, 1.165) is 30.5 Å². The van der Waals surface area contributed by atoms with Crippen LogP contribution in [0.2, 0.25) is 0 Å². The number of alkyl carbamates (subject to hydrolysis) is 1. The van der Waals surface area contributed by atoms with Crippen LogP contribution in [0.5, 0.6) is 11.8 Å². The van der Waals surface area contributed by atoms with Gasteiger partial charge in [-0.2, -0.15) is 0 Å². The zero-order valence-electron chi connectivity index (χ0n) is 16.4. The minimum atomic E-state index is -1.23. The summed E-state index contributed by atoms with van der Waals surface area (Å²) in [6, 6.07) is 10.2. The van der Waals surface area contributed by atoms with Gasteiger partial charge in [-0.05, 0) is 18.9 Å². The predicted octanol–water partition coefficient (Wildman–Crippen LogP) is 2.35. The summed E-state index contributed by atoms with van der Waals surface area (Å²) in [5.41, 5.74) is 0.788. The summed E-state index contributed by atoms with van der Waals surface area (Å²) in [6.07, 6.45) is 0.115. The molecule has 1 heterocycles. The molecule has 9 heteroatoms. The lowest BCUT2D eigenvalue weighted by Crippen LogP contribution is -2.51. The number of aromatic hydroxyl groups is 2. The Morgan fingerprint density at radius 3 is 2.38 bits per heavy atom. The van der Waals surface area contributed by atoms with Crippen LogP contribution < -0.4 is 10.2 Å². The first-order valence-electron chi connectivity index (χ1n) is 9.33. The van der Waals surface area contributed by atoms with E-state index in [0.29, 0.717) is 11.3 Å². The van der Waals surface area contributed by atoms with Crippen molar-refractivity contribution in [3.63, 3.8) is 0 Å². The molecular formula is C20H26N2O7. The molecule has 0 bridgehead atoms. The monoisotopic (exact) mass is 406 g/mol. The fourth-order valence-electron chi connectivity index (χ4n) is 2.41. The molecule has 0 fully saturated rings. The maximum absolute atomic E-state index is 12.6. The Morgan fingerprint density at radius 2 is 1.76 bits per heavy atom. The fraction of sp³-hybridized carbons (Fsp3) is 0.400. The summed E-state index contributed by atoms with van der Waals surface area (Å²) >= 11 is 0. The van der Waals surface area contributed by atoms with E-state index in [1.165, 1.54) is 0 Å². The molecule has 0 aliphatic rings. The minimum Gasteiger partial charge on any atom is -0.492 e. The highest BCUT2D eigenvalue weighted by Crippen LogP contribution is 2.19. The maximum Gasteiger partial charge on any atom is 0.408 e. The topological polar surface area (TPSA) is 119 Å². The molecule has 1 amide bonds. The number of benzene rings is 1. The molecular weight excluding hydrogens is 380 g/mol. The number of hydrogen-bond donors (Lipinski definition) is 3. The van der Waals surface area contributed by atoms with E-state index in [2.05, 4.69) is 5.32 Å². The molecule has 0 saturated carbocycles. The van der Waals surface area contributed by atoms with Gasteiger partial charge in [0.05, 0.1) is 6.10 Å². The van der Waals surface area contributed by atoms with Gasteiger partial charge in [-0.3, -0.25) is 0 Å². The van der Waals surface area contributed by atoms with Crippen LogP contribution in [0.4, 0.5) is 4.79 Å². The van der Waals surface area contributed by atoms with Gasteiger partial charge >= 0.3 is 12.1 Å². The van der Waals surface area contributed by atoms with Gasteiger partial charge in [0.2, 0.25) is 11.8 Å². The Hall–Kier alpha value is -3.20. The molecule has 1 aromatic carbocycles. The van der Waals surface area contributed by atoms with E-state index >= 15 is 0 Å². The molecule has 2 rings (SSSR count). The molecule has 2 atom stereocenters. The number of hydrogen-bond acceptors (Lipinski definition) is 7. The SMILES string of the molecule is CCCCO[C@H](C)[C@H](NC(=O)OCc1ccccc1)C(=O)On1c(O)ccc1O. The van der Waals surface area contributed by atoms with Gasteiger partial charge in [0.25, 0.3) is 0 Å². The van der Waals surface area contributed by atoms with Gasteiger partial charge < -0.3 is 29.8 Å². The lowest BCUT2D eigenvalue weighted by Gasteiger charge is -2.23. The summed E-state index contributed by atoms with van der Waals surface area (Å²) in [7, 11) is 0. The average Bonchev–Trinajstić information content (AvgIpc) is 3.03. The number of nitrogens with zero attached hydrogens (tertiary/aromatic N) is 1. The quantitative estimate of drug-likeness (QED) is 0.518. The number of ether oxygens (including phenoxy) is 2. The van der Waals surface area contributed by atoms with Crippen molar-refractivity contribution in [1.29, 1.82) is 0 Å². The first kappa shape index (κ1) is 22.1. The molecule has 0 unspecified atom stereocenters. The van der Waals surface area contributed by atoms with Crippen LogP contribution in [0.15, 0.2) is 42.5 Å². The van der Waals surface area contributed by atoms with Crippen molar-refractivity contribution in [3.05, 3.63) is 48.0 Å². The van der Waals surface area contributed by atoms with E-state index in [1.54, 1.807) is 19.1 Å². The number of nitrogens with one attached hydrogen (secondary N) is 1. The van der Waals surface area contributed by atoms with Crippen molar-refractivity contribution in [2.75, 3.05) is 6.61 Å². The van der Waals surface area contributed by atoms with Crippen molar-refractivity contribution in [3.8, 4) is 11.8 Å². The third-order valence-electron chi connectivity index (χ3n) is 4.07. The summed E-state index contributed by atoms with van der Waals surface area (Å²) < 4.78 is 11.3. The predicted molar refractivity (Wildman–Crippen MR) is 103 cm³/mol. The molecule has 158 valence electrons. The second kappa shape index (κ2) is 11.0. The molecule has 0 radical (unpaired) electrons.